The van der Waals surface area contributed by atoms with Crippen LogP contribution in [0.3, 0.4) is 0 Å². The van der Waals surface area contributed by atoms with Crippen LogP contribution in [0.15, 0.2) is 24.3 Å². The minimum Gasteiger partial charge on any atom is -0.871 e. The Balaban J connectivity index is 0. The van der Waals surface area contributed by atoms with E-state index >= 15 is 0 Å². The molecule has 0 aromatic heterocycles. The average molecular weight is 211 g/mol. The van der Waals surface area contributed by atoms with E-state index in [4.69, 9.17) is 21.5 Å². The molecule has 1 aromatic rings. The van der Waals surface area contributed by atoms with Gasteiger partial charge >= 0.3 is 29.6 Å². The van der Waals surface area contributed by atoms with E-state index in [-0.39, 0.29) is 40.3 Å². The second kappa shape index (κ2) is 8.38. The normalized spacial score (nSPS) is 7.54. The van der Waals surface area contributed by atoms with Crippen LogP contribution in [0.4, 0.5) is 0 Å². The van der Waals surface area contributed by atoms with Crippen molar-refractivity contribution in [3.8, 4) is 5.75 Å². The topological polar surface area (TPSA) is 60.4 Å². The summed E-state index contributed by atoms with van der Waals surface area (Å²) in [5.74, 6) is -0.950. The zero-order chi connectivity index (χ0) is 9.56. The summed E-state index contributed by atoms with van der Waals surface area (Å²) in [6.45, 7) is 1.08. The number of benzene rings is 1. The van der Waals surface area contributed by atoms with Crippen molar-refractivity contribution < 1.29 is 44.6 Å². The Kier molecular flexibility index (Phi) is 9.84. The van der Waals surface area contributed by atoms with Gasteiger partial charge in [-0.05, 0) is 6.07 Å². The SMILES string of the molecule is CC(=O)O.[Na+].[O-]c1ccccc1Cl. The van der Waals surface area contributed by atoms with Gasteiger partial charge in [0.25, 0.3) is 5.97 Å². The number of hydrogen-bond acceptors (Lipinski definition) is 2. The van der Waals surface area contributed by atoms with Crippen LogP contribution in [0.1, 0.15) is 6.92 Å². The van der Waals surface area contributed by atoms with Crippen LogP contribution in [0.2, 0.25) is 5.02 Å². The molecule has 5 heteroatoms. The smallest absolute Gasteiger partial charge is 0.871 e. The molecule has 0 spiro atoms. The molecule has 0 amide bonds. The van der Waals surface area contributed by atoms with Crippen molar-refractivity contribution in [2.45, 2.75) is 6.92 Å². The quantitative estimate of drug-likeness (QED) is 0.531. The molecule has 0 aliphatic rings. The minimum atomic E-state index is -0.833. The van der Waals surface area contributed by atoms with Crippen LogP contribution in [-0.2, 0) is 4.79 Å². The fraction of sp³-hybridized carbons (Fsp3) is 0.125. The number of carbonyl (C=O) groups is 1. The molecule has 1 aromatic carbocycles. The molecule has 0 fully saturated rings. The second-order valence-electron chi connectivity index (χ2n) is 1.95. The number of para-hydroxylation sites is 1. The maximum absolute atomic E-state index is 10.5. The Morgan fingerprint density at radius 2 is 1.85 bits per heavy atom. The zero-order valence-electron chi connectivity index (χ0n) is 7.45. The van der Waals surface area contributed by atoms with Gasteiger partial charge in [0.1, 0.15) is 0 Å². The van der Waals surface area contributed by atoms with Gasteiger partial charge in [-0.2, -0.15) is 0 Å². The monoisotopic (exact) mass is 210 g/mol. The van der Waals surface area contributed by atoms with Gasteiger partial charge < -0.3 is 10.2 Å². The molecule has 0 atom stereocenters. The number of halogens is 1. The minimum absolute atomic E-state index is 0. The standard InChI is InChI=1S/C6H5ClO.C2H4O2.Na/c7-5-3-1-2-4-6(5)8;1-2(3)4;/h1-4,8H;1H3,(H,3,4);/q;;+1/p-1. The molecule has 0 unspecified atom stereocenters. The van der Waals surface area contributed by atoms with Crippen molar-refractivity contribution in [2.24, 2.45) is 0 Å². The van der Waals surface area contributed by atoms with Gasteiger partial charge in [0.05, 0.1) is 0 Å². The first-order valence-electron chi connectivity index (χ1n) is 3.15. The molecule has 0 aliphatic heterocycles. The van der Waals surface area contributed by atoms with Crippen LogP contribution in [0, 0.1) is 0 Å². The summed E-state index contributed by atoms with van der Waals surface area (Å²) in [6.07, 6.45) is 0. The van der Waals surface area contributed by atoms with Crippen LogP contribution < -0.4 is 34.7 Å². The maximum atomic E-state index is 10.5. The molecule has 1 N–H and O–H groups in total. The van der Waals surface area contributed by atoms with Gasteiger partial charge in [0.2, 0.25) is 0 Å². The summed E-state index contributed by atoms with van der Waals surface area (Å²) in [7, 11) is 0. The summed E-state index contributed by atoms with van der Waals surface area (Å²) >= 11 is 5.40. The van der Waals surface area contributed by atoms with E-state index in [1.807, 2.05) is 0 Å². The molecule has 3 nitrogen and oxygen atoms in total. The zero-order valence-corrected chi connectivity index (χ0v) is 10.2. The molecule has 0 saturated carbocycles. The summed E-state index contributed by atoms with van der Waals surface area (Å²) in [4.78, 5) is 9.00. The number of rotatable bonds is 0. The Morgan fingerprint density at radius 3 is 2.08 bits per heavy atom. The van der Waals surface area contributed by atoms with Crippen molar-refractivity contribution in [2.75, 3.05) is 0 Å². The largest absolute Gasteiger partial charge is 1.00 e. The van der Waals surface area contributed by atoms with E-state index < -0.39 is 5.97 Å². The van der Waals surface area contributed by atoms with E-state index in [0.29, 0.717) is 0 Å². The third-order valence-electron chi connectivity index (χ3n) is 0.837. The van der Waals surface area contributed by atoms with E-state index in [2.05, 4.69) is 0 Å². The summed E-state index contributed by atoms with van der Waals surface area (Å²) < 4.78 is 0. The number of aliphatic carboxylic acids is 1. The van der Waals surface area contributed by atoms with Crippen molar-refractivity contribution in [1.82, 2.24) is 0 Å². The third-order valence-corrected chi connectivity index (χ3v) is 1.15. The molecule has 0 bridgehead atoms. The van der Waals surface area contributed by atoms with Crippen LogP contribution >= 0.6 is 11.6 Å². The number of carboxylic acids is 1. The summed E-state index contributed by atoms with van der Waals surface area (Å²) in [5, 5.41) is 18.2. The number of carboxylic acid groups (broad SMARTS) is 1. The van der Waals surface area contributed by atoms with Crippen LogP contribution in [0.25, 0.3) is 0 Å². The fourth-order valence-corrected chi connectivity index (χ4v) is 0.580. The second-order valence-corrected chi connectivity index (χ2v) is 2.36. The van der Waals surface area contributed by atoms with E-state index in [0.717, 1.165) is 6.92 Å². The predicted octanol–water partition coefficient (Wildman–Crippen LogP) is -1.49. The van der Waals surface area contributed by atoms with Gasteiger partial charge in [0.15, 0.2) is 0 Å². The van der Waals surface area contributed by atoms with Crippen LogP contribution in [-0.4, -0.2) is 11.1 Å². The first-order valence-corrected chi connectivity index (χ1v) is 3.53. The molecule has 0 radical (unpaired) electrons. The van der Waals surface area contributed by atoms with Gasteiger partial charge in [0, 0.05) is 11.9 Å². The third kappa shape index (κ3) is 9.70. The first-order chi connectivity index (χ1) is 5.54. The summed E-state index contributed by atoms with van der Waals surface area (Å²) in [5.41, 5.74) is 0. The maximum Gasteiger partial charge on any atom is 1.00 e. The fourth-order valence-electron chi connectivity index (χ4n) is 0.445. The Hall–Kier alpha value is -0.220. The van der Waals surface area contributed by atoms with Crippen molar-refractivity contribution in [3.05, 3.63) is 29.3 Å². The van der Waals surface area contributed by atoms with E-state index in [1.165, 1.54) is 6.07 Å². The summed E-state index contributed by atoms with van der Waals surface area (Å²) in [6, 6.07) is 6.39. The molecule has 13 heavy (non-hydrogen) atoms. The molecule has 66 valence electrons. The average Bonchev–Trinajstić information content (AvgIpc) is 1.94. The molecule has 0 aliphatic carbocycles. The Labute approximate surface area is 104 Å². The first kappa shape index (κ1) is 15.3. The van der Waals surface area contributed by atoms with Crippen molar-refractivity contribution in [3.63, 3.8) is 0 Å². The van der Waals surface area contributed by atoms with Crippen molar-refractivity contribution in [1.29, 1.82) is 0 Å². The van der Waals surface area contributed by atoms with Gasteiger partial charge in [-0.15, -0.1) is 0 Å². The predicted molar refractivity (Wildman–Crippen MR) is 44.2 cm³/mol. The van der Waals surface area contributed by atoms with E-state index in [9.17, 15) is 5.11 Å². The molecule has 1 rings (SSSR count). The van der Waals surface area contributed by atoms with Gasteiger partial charge in [-0.1, -0.05) is 35.5 Å². The molecular weight excluding hydrogens is 203 g/mol. The van der Waals surface area contributed by atoms with E-state index in [1.54, 1.807) is 18.2 Å². The van der Waals surface area contributed by atoms with Crippen LogP contribution in [0.5, 0.6) is 5.75 Å². The molecular formula is C8H8ClNaO3. The van der Waals surface area contributed by atoms with Gasteiger partial charge in [-0.3, -0.25) is 4.79 Å². The van der Waals surface area contributed by atoms with Crippen molar-refractivity contribution >= 4 is 17.6 Å². The molecule has 0 saturated heterocycles. The number of hydrogen-bond donors (Lipinski definition) is 1. The molecule has 0 heterocycles. The van der Waals surface area contributed by atoms with Gasteiger partial charge in [-0.25, -0.2) is 0 Å². The Morgan fingerprint density at radius 1 is 1.46 bits per heavy atom. The Bertz CT molecular complexity index is 240.